The summed E-state index contributed by atoms with van der Waals surface area (Å²) < 4.78 is 56.9. The SMILES string of the molecule is CCC1CCC2CC(C3CCC(c4cc(F)c(OC(F)F)c(F)c4)CC3)CCC2C1. The Morgan fingerprint density at radius 3 is 1.93 bits per heavy atom. The molecular weight excluding hydrogens is 392 g/mol. The molecular formula is C25H34F4O. The first-order chi connectivity index (χ1) is 14.4. The van der Waals surface area contributed by atoms with Gasteiger partial charge in [0.25, 0.3) is 0 Å². The summed E-state index contributed by atoms with van der Waals surface area (Å²) in [6.07, 6.45) is 13.7. The smallest absolute Gasteiger partial charge is 0.387 e. The molecule has 0 amide bonds. The van der Waals surface area contributed by atoms with E-state index in [0.29, 0.717) is 5.56 Å². The predicted molar refractivity (Wildman–Crippen MR) is 110 cm³/mol. The van der Waals surface area contributed by atoms with Crippen molar-refractivity contribution in [3.63, 3.8) is 0 Å². The van der Waals surface area contributed by atoms with Gasteiger partial charge in [0, 0.05) is 0 Å². The number of alkyl halides is 2. The third-order valence-electron chi connectivity index (χ3n) is 8.48. The van der Waals surface area contributed by atoms with Gasteiger partial charge in [-0.15, -0.1) is 0 Å². The fraction of sp³-hybridized carbons (Fsp3) is 0.760. The third kappa shape index (κ3) is 4.80. The van der Waals surface area contributed by atoms with Crippen molar-refractivity contribution in [1.29, 1.82) is 0 Å². The number of fused-ring (bicyclic) bond motifs is 1. The van der Waals surface area contributed by atoms with E-state index in [4.69, 9.17) is 0 Å². The summed E-state index contributed by atoms with van der Waals surface area (Å²) >= 11 is 0. The first-order valence-electron chi connectivity index (χ1n) is 11.9. The van der Waals surface area contributed by atoms with E-state index in [0.717, 1.165) is 55.3 Å². The Morgan fingerprint density at radius 1 is 0.800 bits per heavy atom. The Balaban J connectivity index is 1.32. The summed E-state index contributed by atoms with van der Waals surface area (Å²) in [7, 11) is 0. The van der Waals surface area contributed by atoms with Gasteiger partial charge in [0.05, 0.1) is 0 Å². The molecule has 0 spiro atoms. The van der Waals surface area contributed by atoms with Crippen LogP contribution in [0.15, 0.2) is 12.1 Å². The van der Waals surface area contributed by atoms with Gasteiger partial charge in [-0.05, 0) is 111 Å². The van der Waals surface area contributed by atoms with Gasteiger partial charge in [0.15, 0.2) is 17.4 Å². The first-order valence-corrected chi connectivity index (χ1v) is 11.9. The Kier molecular flexibility index (Phi) is 6.94. The maximum Gasteiger partial charge on any atom is 0.387 e. The Bertz CT molecular complexity index is 690. The molecule has 3 aliphatic carbocycles. The molecule has 1 aromatic rings. The van der Waals surface area contributed by atoms with Gasteiger partial charge in [0.1, 0.15) is 0 Å². The van der Waals surface area contributed by atoms with Crippen LogP contribution in [0.3, 0.4) is 0 Å². The molecule has 0 aliphatic heterocycles. The maximum absolute atomic E-state index is 14.1. The van der Waals surface area contributed by atoms with Crippen LogP contribution in [0.25, 0.3) is 0 Å². The van der Waals surface area contributed by atoms with Crippen LogP contribution < -0.4 is 4.74 Å². The van der Waals surface area contributed by atoms with Gasteiger partial charge in [-0.25, -0.2) is 8.78 Å². The highest BCUT2D eigenvalue weighted by molar-refractivity contribution is 5.33. The molecule has 4 unspecified atom stereocenters. The van der Waals surface area contributed by atoms with Crippen LogP contribution in [0.2, 0.25) is 0 Å². The van der Waals surface area contributed by atoms with E-state index in [1.807, 2.05) is 0 Å². The third-order valence-corrected chi connectivity index (χ3v) is 8.48. The standard InChI is InChI=1S/C25H34F4O/c1-2-15-3-4-20-12-19(10-9-18(20)11-15)16-5-7-17(8-6-16)21-13-22(26)24(23(27)14-21)30-25(28)29/h13-20,25H,2-12H2,1H3. The van der Waals surface area contributed by atoms with Gasteiger partial charge in [-0.3, -0.25) is 0 Å². The molecule has 4 rings (SSSR count). The molecule has 30 heavy (non-hydrogen) atoms. The molecule has 1 aromatic carbocycles. The Morgan fingerprint density at radius 2 is 1.33 bits per heavy atom. The van der Waals surface area contributed by atoms with Crippen molar-refractivity contribution >= 4 is 0 Å². The zero-order valence-corrected chi connectivity index (χ0v) is 17.9. The summed E-state index contributed by atoms with van der Waals surface area (Å²) in [4.78, 5) is 0. The normalized spacial score (nSPS) is 34.6. The van der Waals surface area contributed by atoms with Crippen molar-refractivity contribution in [3.8, 4) is 5.75 Å². The molecule has 3 fully saturated rings. The van der Waals surface area contributed by atoms with E-state index in [2.05, 4.69) is 11.7 Å². The Labute approximate surface area is 177 Å². The van der Waals surface area contributed by atoms with E-state index >= 15 is 0 Å². The number of benzene rings is 1. The van der Waals surface area contributed by atoms with E-state index in [1.54, 1.807) is 0 Å². The highest BCUT2D eigenvalue weighted by atomic mass is 19.3. The molecule has 168 valence electrons. The largest absolute Gasteiger partial charge is 0.429 e. The van der Waals surface area contributed by atoms with Crippen molar-refractivity contribution < 1.29 is 22.3 Å². The van der Waals surface area contributed by atoms with Crippen LogP contribution >= 0.6 is 0 Å². The highest BCUT2D eigenvalue weighted by Gasteiger charge is 2.38. The number of hydrogen-bond acceptors (Lipinski definition) is 1. The minimum absolute atomic E-state index is 0.0992. The van der Waals surface area contributed by atoms with Crippen LogP contribution in [0.1, 0.15) is 89.0 Å². The summed E-state index contributed by atoms with van der Waals surface area (Å²) in [5.74, 6) is 1.38. The average Bonchev–Trinajstić information content (AvgIpc) is 2.75. The fourth-order valence-electron chi connectivity index (χ4n) is 6.76. The second-order valence-corrected chi connectivity index (χ2v) is 9.98. The molecule has 3 aliphatic rings. The molecule has 0 radical (unpaired) electrons. The molecule has 0 heterocycles. The number of rotatable bonds is 5. The summed E-state index contributed by atoms with van der Waals surface area (Å²) in [5.41, 5.74) is 0.576. The lowest BCUT2D eigenvalue weighted by atomic mass is 9.60. The highest BCUT2D eigenvalue weighted by Crippen LogP contribution is 2.50. The minimum atomic E-state index is -3.23. The monoisotopic (exact) mass is 426 g/mol. The van der Waals surface area contributed by atoms with Gasteiger partial charge >= 0.3 is 6.61 Å². The lowest BCUT2D eigenvalue weighted by Gasteiger charge is -2.45. The minimum Gasteiger partial charge on any atom is -0.429 e. The lowest BCUT2D eigenvalue weighted by molar-refractivity contribution is -0.0546. The fourth-order valence-corrected chi connectivity index (χ4v) is 6.76. The molecule has 5 heteroatoms. The van der Waals surface area contributed by atoms with Gasteiger partial charge in [0.2, 0.25) is 0 Å². The van der Waals surface area contributed by atoms with Gasteiger partial charge in [-0.2, -0.15) is 8.78 Å². The van der Waals surface area contributed by atoms with Crippen molar-refractivity contribution in [2.75, 3.05) is 0 Å². The molecule has 0 bridgehead atoms. The first kappa shape index (κ1) is 22.0. The second-order valence-electron chi connectivity index (χ2n) is 9.98. The summed E-state index contributed by atoms with van der Waals surface area (Å²) in [6.45, 7) is -0.908. The topological polar surface area (TPSA) is 9.23 Å². The molecule has 0 saturated heterocycles. The molecule has 4 atom stereocenters. The van der Waals surface area contributed by atoms with E-state index in [9.17, 15) is 17.6 Å². The predicted octanol–water partition coefficient (Wildman–Crippen LogP) is 8.08. The van der Waals surface area contributed by atoms with E-state index in [-0.39, 0.29) is 5.92 Å². The van der Waals surface area contributed by atoms with E-state index in [1.165, 1.54) is 57.1 Å². The Hall–Kier alpha value is -1.26. The maximum atomic E-state index is 14.1. The van der Waals surface area contributed by atoms with Gasteiger partial charge < -0.3 is 4.74 Å². The number of halogens is 4. The second kappa shape index (κ2) is 9.48. The zero-order valence-electron chi connectivity index (χ0n) is 17.9. The van der Waals surface area contributed by atoms with Crippen molar-refractivity contribution in [2.45, 2.75) is 90.1 Å². The van der Waals surface area contributed by atoms with Crippen LogP contribution in [-0.2, 0) is 0 Å². The van der Waals surface area contributed by atoms with Crippen LogP contribution in [0.5, 0.6) is 5.75 Å². The molecule has 0 aromatic heterocycles. The summed E-state index contributed by atoms with van der Waals surface area (Å²) in [6, 6.07) is 2.37. The van der Waals surface area contributed by atoms with Crippen molar-refractivity contribution in [2.24, 2.45) is 29.6 Å². The zero-order chi connectivity index (χ0) is 21.3. The summed E-state index contributed by atoms with van der Waals surface area (Å²) in [5, 5.41) is 0. The van der Waals surface area contributed by atoms with Crippen molar-refractivity contribution in [3.05, 3.63) is 29.3 Å². The van der Waals surface area contributed by atoms with E-state index < -0.39 is 24.0 Å². The number of hydrogen-bond donors (Lipinski definition) is 0. The molecule has 3 saturated carbocycles. The number of ether oxygens (including phenoxy) is 1. The lowest BCUT2D eigenvalue weighted by Crippen LogP contribution is -2.34. The molecule has 0 N–H and O–H groups in total. The average molecular weight is 427 g/mol. The van der Waals surface area contributed by atoms with Crippen LogP contribution in [0, 0.1) is 41.2 Å². The quantitative estimate of drug-likeness (QED) is 0.432. The van der Waals surface area contributed by atoms with Crippen LogP contribution in [-0.4, -0.2) is 6.61 Å². The van der Waals surface area contributed by atoms with Gasteiger partial charge in [-0.1, -0.05) is 19.8 Å². The molecule has 1 nitrogen and oxygen atoms in total. The van der Waals surface area contributed by atoms with Crippen molar-refractivity contribution in [1.82, 2.24) is 0 Å². The van der Waals surface area contributed by atoms with Crippen LogP contribution in [0.4, 0.5) is 17.6 Å².